The molecule has 1 heterocycles. The van der Waals surface area contributed by atoms with E-state index in [1.165, 1.54) is 12.3 Å². The fourth-order valence-corrected chi connectivity index (χ4v) is 2.09. The van der Waals surface area contributed by atoms with Crippen LogP contribution in [0.1, 0.15) is 0 Å². The van der Waals surface area contributed by atoms with Crippen molar-refractivity contribution < 1.29 is 4.92 Å². The van der Waals surface area contributed by atoms with Crippen molar-refractivity contribution in [3.05, 3.63) is 49.6 Å². The summed E-state index contributed by atoms with van der Waals surface area (Å²) in [5.41, 5.74) is 6.19. The molecule has 0 bridgehead atoms. The first-order chi connectivity index (χ1) is 8.90. The first-order valence-electron chi connectivity index (χ1n) is 4.95. The molecule has 0 radical (unpaired) electrons. The number of anilines is 1. The van der Waals surface area contributed by atoms with E-state index in [-0.39, 0.29) is 26.6 Å². The average Bonchev–Trinajstić information content (AvgIpc) is 2.35. The molecule has 2 aromatic rings. The van der Waals surface area contributed by atoms with Crippen LogP contribution in [-0.4, -0.2) is 9.91 Å². The molecule has 0 amide bonds. The second kappa shape index (κ2) is 5.21. The fraction of sp³-hybridized carbons (Fsp3) is 0. The number of nitrogens with two attached hydrogens (primary N) is 1. The predicted octanol–water partition coefficient (Wildman–Crippen LogP) is 4.20. The number of hydrogen-bond donors (Lipinski definition) is 1. The van der Waals surface area contributed by atoms with Crippen LogP contribution in [0, 0.1) is 10.1 Å². The lowest BCUT2D eigenvalue weighted by molar-refractivity contribution is -0.384. The highest BCUT2D eigenvalue weighted by Crippen LogP contribution is 2.36. The second-order valence-corrected chi connectivity index (χ2v) is 4.83. The molecule has 0 saturated heterocycles. The Morgan fingerprint density at radius 3 is 2.21 bits per heavy atom. The van der Waals surface area contributed by atoms with Crippen LogP contribution in [-0.2, 0) is 0 Å². The molecule has 0 aliphatic carbocycles. The second-order valence-electron chi connectivity index (χ2n) is 3.64. The highest BCUT2D eigenvalue weighted by atomic mass is 35.5. The molecular weight excluding hydrogens is 312 g/mol. The Labute approximate surface area is 123 Å². The normalized spacial score (nSPS) is 10.5. The van der Waals surface area contributed by atoms with Gasteiger partial charge in [0.15, 0.2) is 0 Å². The molecule has 0 aliphatic rings. The maximum atomic E-state index is 10.8. The number of benzene rings is 1. The fourth-order valence-electron chi connectivity index (χ4n) is 1.49. The van der Waals surface area contributed by atoms with Gasteiger partial charge in [0.25, 0.3) is 0 Å². The lowest BCUT2D eigenvalue weighted by Gasteiger charge is -2.06. The zero-order chi connectivity index (χ0) is 14.2. The van der Waals surface area contributed by atoms with Gasteiger partial charge in [0, 0.05) is 17.8 Å². The summed E-state index contributed by atoms with van der Waals surface area (Å²) in [4.78, 5) is 14.0. The van der Waals surface area contributed by atoms with Gasteiger partial charge in [-0.25, -0.2) is 4.98 Å². The molecule has 8 heteroatoms. The summed E-state index contributed by atoms with van der Waals surface area (Å²) in [6.07, 6.45) is 1.40. The van der Waals surface area contributed by atoms with Crippen LogP contribution < -0.4 is 5.73 Å². The molecule has 19 heavy (non-hydrogen) atoms. The van der Waals surface area contributed by atoms with Crippen molar-refractivity contribution in [2.24, 2.45) is 0 Å². The van der Waals surface area contributed by atoms with E-state index in [0.29, 0.717) is 11.1 Å². The van der Waals surface area contributed by atoms with Gasteiger partial charge in [-0.3, -0.25) is 10.1 Å². The zero-order valence-electron chi connectivity index (χ0n) is 9.23. The van der Waals surface area contributed by atoms with Crippen LogP contribution in [0.15, 0.2) is 24.4 Å². The van der Waals surface area contributed by atoms with E-state index >= 15 is 0 Å². The van der Waals surface area contributed by atoms with Crippen LogP contribution in [0.3, 0.4) is 0 Å². The van der Waals surface area contributed by atoms with Gasteiger partial charge in [0.05, 0.1) is 20.0 Å². The van der Waals surface area contributed by atoms with Gasteiger partial charge in [-0.05, 0) is 17.7 Å². The summed E-state index contributed by atoms with van der Waals surface area (Å²) in [5, 5.41) is 11.5. The monoisotopic (exact) mass is 317 g/mol. The third-order valence-corrected chi connectivity index (χ3v) is 3.61. The number of halogens is 3. The Balaban J connectivity index is 2.60. The number of nitrogens with zero attached hydrogens (tertiary/aromatic N) is 2. The van der Waals surface area contributed by atoms with Crippen molar-refractivity contribution in [1.29, 1.82) is 0 Å². The third kappa shape index (κ3) is 2.73. The Kier molecular flexibility index (Phi) is 3.80. The molecule has 1 aromatic carbocycles. The first kappa shape index (κ1) is 13.9. The van der Waals surface area contributed by atoms with Crippen LogP contribution in [0.5, 0.6) is 0 Å². The van der Waals surface area contributed by atoms with Crippen molar-refractivity contribution >= 4 is 46.3 Å². The van der Waals surface area contributed by atoms with Gasteiger partial charge in [-0.1, -0.05) is 34.8 Å². The van der Waals surface area contributed by atoms with E-state index < -0.39 is 4.92 Å². The number of rotatable bonds is 2. The van der Waals surface area contributed by atoms with Crippen LogP contribution in [0.25, 0.3) is 11.1 Å². The lowest BCUT2D eigenvalue weighted by atomic mass is 10.1. The van der Waals surface area contributed by atoms with Crippen LogP contribution in [0.2, 0.25) is 15.1 Å². The number of aromatic nitrogens is 1. The zero-order valence-corrected chi connectivity index (χ0v) is 11.5. The molecule has 1 aromatic heterocycles. The van der Waals surface area contributed by atoms with Crippen molar-refractivity contribution in [3.8, 4) is 11.1 Å². The standard InChI is InChI=1S/C11H6Cl3N3O2/c12-7-1-5(2-8(13)10(7)14)6-3-9(17(18)19)11(15)16-4-6/h1-4H,(H2,15,16). The molecular formula is C11H6Cl3N3O2. The highest BCUT2D eigenvalue weighted by molar-refractivity contribution is 6.48. The first-order valence-corrected chi connectivity index (χ1v) is 6.08. The summed E-state index contributed by atoms with van der Waals surface area (Å²) < 4.78 is 0. The third-order valence-electron chi connectivity index (χ3n) is 2.41. The maximum absolute atomic E-state index is 10.8. The van der Waals surface area contributed by atoms with Gasteiger partial charge in [-0.15, -0.1) is 0 Å². The van der Waals surface area contributed by atoms with Gasteiger partial charge in [-0.2, -0.15) is 0 Å². The molecule has 0 fully saturated rings. The van der Waals surface area contributed by atoms with Gasteiger partial charge in [0.2, 0.25) is 5.82 Å². The van der Waals surface area contributed by atoms with Gasteiger partial charge >= 0.3 is 5.69 Å². The topological polar surface area (TPSA) is 82.0 Å². The van der Waals surface area contributed by atoms with Crippen LogP contribution in [0.4, 0.5) is 11.5 Å². The van der Waals surface area contributed by atoms with Crippen molar-refractivity contribution in [3.63, 3.8) is 0 Å². The number of nitrogen functional groups attached to an aromatic ring is 1. The van der Waals surface area contributed by atoms with Crippen molar-refractivity contribution in [2.45, 2.75) is 0 Å². The summed E-state index contributed by atoms with van der Waals surface area (Å²) in [7, 11) is 0. The van der Waals surface area contributed by atoms with Gasteiger partial charge in [0.1, 0.15) is 0 Å². The van der Waals surface area contributed by atoms with E-state index in [1.54, 1.807) is 12.1 Å². The minimum atomic E-state index is -0.606. The summed E-state index contributed by atoms with van der Waals surface area (Å²) in [6, 6.07) is 4.40. The molecule has 98 valence electrons. The number of nitro groups is 1. The van der Waals surface area contributed by atoms with E-state index in [1.807, 2.05) is 0 Å². The summed E-state index contributed by atoms with van der Waals surface area (Å²) in [5.74, 6) is -0.153. The summed E-state index contributed by atoms with van der Waals surface area (Å²) >= 11 is 17.7. The van der Waals surface area contributed by atoms with Crippen LogP contribution >= 0.6 is 34.8 Å². The van der Waals surface area contributed by atoms with E-state index in [2.05, 4.69) is 4.98 Å². The number of pyridine rings is 1. The number of hydrogen-bond acceptors (Lipinski definition) is 4. The molecule has 0 unspecified atom stereocenters. The molecule has 2 rings (SSSR count). The minimum Gasteiger partial charge on any atom is -0.378 e. The Morgan fingerprint density at radius 1 is 1.11 bits per heavy atom. The quantitative estimate of drug-likeness (QED) is 0.511. The average molecular weight is 319 g/mol. The molecule has 0 saturated carbocycles. The van der Waals surface area contributed by atoms with Crippen molar-refractivity contribution in [1.82, 2.24) is 4.98 Å². The molecule has 0 spiro atoms. The molecule has 0 atom stereocenters. The SMILES string of the molecule is Nc1ncc(-c2cc(Cl)c(Cl)c(Cl)c2)cc1[N+](=O)[O-]. The Bertz CT molecular complexity index is 653. The highest BCUT2D eigenvalue weighted by Gasteiger charge is 2.15. The lowest BCUT2D eigenvalue weighted by Crippen LogP contribution is -1.98. The van der Waals surface area contributed by atoms with Crippen molar-refractivity contribution in [2.75, 3.05) is 5.73 Å². The molecule has 5 nitrogen and oxygen atoms in total. The molecule has 0 aliphatic heterocycles. The minimum absolute atomic E-state index is 0.153. The Hall–Kier alpha value is -1.56. The van der Waals surface area contributed by atoms with E-state index in [4.69, 9.17) is 40.5 Å². The maximum Gasteiger partial charge on any atom is 0.311 e. The van der Waals surface area contributed by atoms with E-state index in [0.717, 1.165) is 0 Å². The smallest absolute Gasteiger partial charge is 0.311 e. The van der Waals surface area contributed by atoms with E-state index in [9.17, 15) is 10.1 Å². The Morgan fingerprint density at radius 2 is 1.68 bits per heavy atom. The van der Waals surface area contributed by atoms with Gasteiger partial charge < -0.3 is 5.73 Å². The summed E-state index contributed by atoms with van der Waals surface area (Å²) in [6.45, 7) is 0. The predicted molar refractivity (Wildman–Crippen MR) is 75.8 cm³/mol. The molecule has 2 N–H and O–H groups in total. The largest absolute Gasteiger partial charge is 0.378 e.